The van der Waals surface area contributed by atoms with Crippen molar-refractivity contribution in [1.82, 2.24) is 15.1 Å². The number of benzene rings is 1. The molecule has 1 aromatic carbocycles. The predicted octanol–water partition coefficient (Wildman–Crippen LogP) is 3.85. The average Bonchev–Trinajstić information content (AvgIpc) is 3.18. The number of nitrogens with zero attached hydrogens (tertiary/aromatic N) is 2. The molecule has 30 heavy (non-hydrogen) atoms. The molecule has 3 aliphatic carbocycles. The van der Waals surface area contributed by atoms with E-state index in [0.717, 1.165) is 36.1 Å². The molecule has 3 saturated carbocycles. The Balaban J connectivity index is 1.21. The Morgan fingerprint density at radius 3 is 2.63 bits per heavy atom. The second-order valence-electron chi connectivity index (χ2n) is 9.25. The van der Waals surface area contributed by atoms with Gasteiger partial charge in [0.1, 0.15) is 0 Å². The number of carbonyl (C=O) groups excluding carboxylic acids is 2. The number of hydrogen-bond acceptors (Lipinski definition) is 4. The Bertz CT molecular complexity index is 934. The monoisotopic (exact) mass is 407 g/mol. The summed E-state index contributed by atoms with van der Waals surface area (Å²) in [5.74, 6) is 1.83. The molecule has 4 unspecified atom stereocenters. The smallest absolute Gasteiger partial charge is 0.357 e. The number of para-hydroxylation sites is 1. The average molecular weight is 408 g/mol. The maximum atomic E-state index is 12.8. The molecule has 6 nitrogen and oxygen atoms in total. The number of esters is 1. The largest absolute Gasteiger partial charge is 0.451 e. The van der Waals surface area contributed by atoms with Gasteiger partial charge >= 0.3 is 5.97 Å². The molecule has 6 heteroatoms. The van der Waals surface area contributed by atoms with Crippen LogP contribution in [0.1, 0.15) is 67.5 Å². The van der Waals surface area contributed by atoms with Gasteiger partial charge in [0.15, 0.2) is 12.3 Å². The first-order chi connectivity index (χ1) is 14.6. The Kier molecular flexibility index (Phi) is 5.09. The molecule has 1 aromatic heterocycles. The van der Waals surface area contributed by atoms with Crippen LogP contribution >= 0.6 is 0 Å². The van der Waals surface area contributed by atoms with Crippen molar-refractivity contribution in [3.05, 3.63) is 47.8 Å². The highest BCUT2D eigenvalue weighted by Gasteiger charge is 2.42. The maximum absolute atomic E-state index is 12.8. The molecule has 1 heterocycles. The lowest BCUT2D eigenvalue weighted by atomic mass is 9.84. The molecule has 5 rings (SSSR count). The molecule has 0 radical (unpaired) electrons. The minimum Gasteiger partial charge on any atom is -0.451 e. The van der Waals surface area contributed by atoms with Crippen LogP contribution in [0.15, 0.2) is 36.4 Å². The van der Waals surface area contributed by atoms with E-state index in [9.17, 15) is 9.59 Å². The van der Waals surface area contributed by atoms with Crippen molar-refractivity contribution in [1.29, 1.82) is 0 Å². The van der Waals surface area contributed by atoms with E-state index in [1.54, 1.807) is 4.68 Å². The molecule has 1 N–H and O–H groups in total. The minimum atomic E-state index is -0.513. The van der Waals surface area contributed by atoms with Crippen LogP contribution in [0, 0.1) is 17.8 Å². The van der Waals surface area contributed by atoms with Gasteiger partial charge in [-0.3, -0.25) is 4.79 Å². The zero-order chi connectivity index (χ0) is 20.7. The van der Waals surface area contributed by atoms with Crippen molar-refractivity contribution in [2.24, 2.45) is 17.8 Å². The highest BCUT2D eigenvalue weighted by atomic mass is 16.5. The van der Waals surface area contributed by atoms with E-state index in [1.165, 1.54) is 25.7 Å². The number of rotatable bonds is 7. The molecule has 2 bridgehead atoms. The van der Waals surface area contributed by atoms with E-state index < -0.39 is 5.97 Å². The van der Waals surface area contributed by atoms with E-state index in [2.05, 4.69) is 17.3 Å². The van der Waals surface area contributed by atoms with Gasteiger partial charge in [-0.15, -0.1) is 0 Å². The summed E-state index contributed by atoms with van der Waals surface area (Å²) >= 11 is 0. The van der Waals surface area contributed by atoms with E-state index in [1.807, 2.05) is 36.4 Å². The van der Waals surface area contributed by atoms with Gasteiger partial charge in [0.2, 0.25) is 0 Å². The number of amides is 1. The van der Waals surface area contributed by atoms with Crippen LogP contribution in [0.25, 0.3) is 5.69 Å². The number of aromatic nitrogens is 2. The Labute approximate surface area is 177 Å². The molecule has 3 aliphatic rings. The van der Waals surface area contributed by atoms with Gasteiger partial charge in [-0.05, 0) is 75.0 Å². The van der Waals surface area contributed by atoms with Crippen molar-refractivity contribution in [3.63, 3.8) is 0 Å². The van der Waals surface area contributed by atoms with Crippen LogP contribution in [0.5, 0.6) is 0 Å². The second-order valence-corrected chi connectivity index (χ2v) is 9.25. The summed E-state index contributed by atoms with van der Waals surface area (Å²) in [7, 11) is 0. The molecule has 2 aromatic rings. The lowest BCUT2D eigenvalue weighted by Crippen LogP contribution is -2.42. The van der Waals surface area contributed by atoms with E-state index in [0.29, 0.717) is 17.5 Å². The molecule has 0 aliphatic heterocycles. The first kappa shape index (κ1) is 19.3. The summed E-state index contributed by atoms with van der Waals surface area (Å²) in [6.45, 7) is 1.82. The Morgan fingerprint density at radius 1 is 1.17 bits per heavy atom. The second kappa shape index (κ2) is 7.89. The molecular formula is C24H29N3O3. The molecular weight excluding hydrogens is 378 g/mol. The third-order valence-electron chi connectivity index (χ3n) is 7.09. The standard InChI is InChI=1S/C24H29N3O3/c1-15(20-12-16-7-8-18(20)11-16)25-23(28)14-30-24(29)22-13-21(17-9-10-17)26-27(22)19-5-3-2-4-6-19/h2-6,13,15-18,20H,7-12,14H2,1H3,(H,25,28). The number of nitrogens with one attached hydrogen (secondary N) is 1. The van der Waals surface area contributed by atoms with Gasteiger partial charge in [-0.25, -0.2) is 9.48 Å². The summed E-state index contributed by atoms with van der Waals surface area (Å²) < 4.78 is 7.01. The first-order valence-electron chi connectivity index (χ1n) is 11.2. The Morgan fingerprint density at radius 2 is 1.97 bits per heavy atom. The molecule has 158 valence electrons. The highest BCUT2D eigenvalue weighted by molar-refractivity contribution is 5.90. The van der Waals surface area contributed by atoms with E-state index in [-0.39, 0.29) is 18.6 Å². The molecule has 4 atom stereocenters. The fraction of sp³-hybridized carbons (Fsp3) is 0.542. The molecule has 1 amide bonds. The van der Waals surface area contributed by atoms with Gasteiger partial charge in [-0.1, -0.05) is 24.6 Å². The maximum Gasteiger partial charge on any atom is 0.357 e. The summed E-state index contributed by atoms with van der Waals surface area (Å²) in [5.41, 5.74) is 2.10. The normalized spacial score (nSPS) is 25.8. The number of fused-ring (bicyclic) bond motifs is 2. The van der Waals surface area contributed by atoms with Crippen molar-refractivity contribution in [2.75, 3.05) is 6.61 Å². The van der Waals surface area contributed by atoms with Crippen molar-refractivity contribution in [2.45, 2.75) is 57.4 Å². The van der Waals surface area contributed by atoms with Gasteiger partial charge in [0.05, 0.1) is 11.4 Å². The van der Waals surface area contributed by atoms with Crippen LogP contribution in [0.3, 0.4) is 0 Å². The fourth-order valence-corrected chi connectivity index (χ4v) is 5.40. The van der Waals surface area contributed by atoms with Crippen LogP contribution < -0.4 is 5.32 Å². The number of ether oxygens (including phenoxy) is 1. The lowest BCUT2D eigenvalue weighted by molar-refractivity contribution is -0.125. The van der Waals surface area contributed by atoms with Gasteiger partial charge < -0.3 is 10.1 Å². The van der Waals surface area contributed by atoms with Crippen LogP contribution in [-0.2, 0) is 9.53 Å². The zero-order valence-electron chi connectivity index (χ0n) is 17.4. The molecule has 0 saturated heterocycles. The summed E-state index contributed by atoms with van der Waals surface area (Å²) in [4.78, 5) is 25.2. The third-order valence-corrected chi connectivity index (χ3v) is 7.09. The lowest BCUT2D eigenvalue weighted by Gasteiger charge is -2.28. The summed E-state index contributed by atoms with van der Waals surface area (Å²) in [5, 5.41) is 7.68. The predicted molar refractivity (Wildman–Crippen MR) is 112 cm³/mol. The number of carbonyl (C=O) groups is 2. The topological polar surface area (TPSA) is 73.2 Å². The van der Waals surface area contributed by atoms with Crippen LogP contribution in [0.2, 0.25) is 0 Å². The van der Waals surface area contributed by atoms with Gasteiger partial charge in [0.25, 0.3) is 5.91 Å². The molecule has 3 fully saturated rings. The highest BCUT2D eigenvalue weighted by Crippen LogP contribution is 2.49. The van der Waals surface area contributed by atoms with Gasteiger partial charge in [-0.2, -0.15) is 5.10 Å². The first-order valence-corrected chi connectivity index (χ1v) is 11.2. The van der Waals surface area contributed by atoms with Crippen molar-refractivity contribution in [3.8, 4) is 5.69 Å². The zero-order valence-corrected chi connectivity index (χ0v) is 17.4. The summed E-state index contributed by atoms with van der Waals surface area (Å²) in [6.07, 6.45) is 7.36. The fourth-order valence-electron chi connectivity index (χ4n) is 5.40. The van der Waals surface area contributed by atoms with Crippen molar-refractivity contribution >= 4 is 11.9 Å². The third kappa shape index (κ3) is 3.87. The SMILES string of the molecule is CC(NC(=O)COC(=O)c1cc(C2CC2)nn1-c1ccccc1)C1CC2CCC1C2. The van der Waals surface area contributed by atoms with Crippen LogP contribution in [0.4, 0.5) is 0 Å². The Hall–Kier alpha value is -2.63. The van der Waals surface area contributed by atoms with Crippen LogP contribution in [-0.4, -0.2) is 34.3 Å². The van der Waals surface area contributed by atoms with E-state index >= 15 is 0 Å². The molecule has 0 spiro atoms. The summed E-state index contributed by atoms with van der Waals surface area (Å²) in [6, 6.07) is 11.5. The quantitative estimate of drug-likeness (QED) is 0.708. The minimum absolute atomic E-state index is 0.128. The van der Waals surface area contributed by atoms with Gasteiger partial charge in [0, 0.05) is 12.0 Å². The number of hydrogen-bond donors (Lipinski definition) is 1. The van der Waals surface area contributed by atoms with E-state index in [4.69, 9.17) is 4.74 Å². The van der Waals surface area contributed by atoms with Crippen molar-refractivity contribution < 1.29 is 14.3 Å².